The van der Waals surface area contributed by atoms with Crippen molar-refractivity contribution in [2.45, 2.75) is 12.8 Å². The molecule has 3 heteroatoms. The van der Waals surface area contributed by atoms with E-state index in [0.29, 0.717) is 5.56 Å². The topological polar surface area (TPSA) is 35.8 Å². The lowest BCUT2D eigenvalue weighted by atomic mass is 10.1. The van der Waals surface area contributed by atoms with Crippen LogP contribution in [0.1, 0.15) is 17.5 Å². The highest BCUT2D eigenvalue weighted by atomic mass is 19.1. The Morgan fingerprint density at radius 2 is 2.31 bits per heavy atom. The molecule has 0 saturated heterocycles. The molecule has 0 fully saturated rings. The van der Waals surface area contributed by atoms with Gasteiger partial charge in [0, 0.05) is 5.56 Å². The summed E-state index contributed by atoms with van der Waals surface area (Å²) in [5.41, 5.74) is 1.28. The molecule has 0 saturated carbocycles. The first-order valence-electron chi connectivity index (χ1n) is 5.24. The summed E-state index contributed by atoms with van der Waals surface area (Å²) in [6, 6.07) is 6.89. The fourth-order valence-corrected chi connectivity index (χ4v) is 1.34. The minimum absolute atomic E-state index is 0.121. The molecule has 0 spiro atoms. The lowest BCUT2D eigenvalue weighted by Crippen LogP contribution is -2.05. The molecule has 1 rings (SSSR count). The average molecular weight is 218 g/mol. The van der Waals surface area contributed by atoms with Gasteiger partial charge in [0.1, 0.15) is 5.82 Å². The summed E-state index contributed by atoms with van der Waals surface area (Å²) in [5.74, 6) is -0.308. The van der Waals surface area contributed by atoms with Crippen molar-refractivity contribution >= 4 is 6.08 Å². The lowest BCUT2D eigenvalue weighted by Gasteiger charge is -1.99. The zero-order valence-electron chi connectivity index (χ0n) is 9.33. The second-order valence-electron chi connectivity index (χ2n) is 3.48. The van der Waals surface area contributed by atoms with Crippen LogP contribution in [0.25, 0.3) is 6.08 Å². The minimum atomic E-state index is -0.308. The Bertz CT molecular complexity index is 405. The van der Waals surface area contributed by atoms with Gasteiger partial charge in [0.2, 0.25) is 0 Å². The third kappa shape index (κ3) is 3.84. The van der Waals surface area contributed by atoms with E-state index in [1.807, 2.05) is 31.3 Å². The lowest BCUT2D eigenvalue weighted by molar-refractivity contribution is 0.615. The van der Waals surface area contributed by atoms with Crippen LogP contribution >= 0.6 is 0 Å². The van der Waals surface area contributed by atoms with Gasteiger partial charge >= 0.3 is 0 Å². The van der Waals surface area contributed by atoms with E-state index in [4.69, 9.17) is 5.26 Å². The van der Waals surface area contributed by atoms with Gasteiger partial charge in [-0.25, -0.2) is 4.39 Å². The second-order valence-corrected chi connectivity index (χ2v) is 3.48. The molecule has 0 aliphatic heterocycles. The molecule has 0 bridgehead atoms. The van der Waals surface area contributed by atoms with Gasteiger partial charge in [0.05, 0.1) is 12.5 Å². The van der Waals surface area contributed by atoms with Crippen molar-refractivity contribution in [3.63, 3.8) is 0 Å². The van der Waals surface area contributed by atoms with E-state index in [0.717, 1.165) is 18.5 Å². The predicted octanol–water partition coefficient (Wildman–Crippen LogP) is 2.51. The number of rotatable bonds is 5. The Morgan fingerprint density at radius 1 is 1.50 bits per heavy atom. The van der Waals surface area contributed by atoms with Crippen LogP contribution in [0.5, 0.6) is 0 Å². The number of hydrogen-bond donors (Lipinski definition) is 1. The maximum absolute atomic E-state index is 13.4. The number of hydrogen-bond acceptors (Lipinski definition) is 2. The third-order valence-electron chi connectivity index (χ3n) is 2.22. The normalized spacial score (nSPS) is 10.6. The minimum Gasteiger partial charge on any atom is -0.319 e. The quantitative estimate of drug-likeness (QED) is 0.771. The number of nitrogens with zero attached hydrogens (tertiary/aromatic N) is 1. The van der Waals surface area contributed by atoms with Crippen molar-refractivity contribution in [2.24, 2.45) is 0 Å². The van der Waals surface area contributed by atoms with Gasteiger partial charge < -0.3 is 5.32 Å². The summed E-state index contributed by atoms with van der Waals surface area (Å²) in [7, 11) is 1.89. The molecule has 1 aromatic rings. The van der Waals surface area contributed by atoms with Crippen LogP contribution in [0.4, 0.5) is 4.39 Å². The Balaban J connectivity index is 2.66. The van der Waals surface area contributed by atoms with Gasteiger partial charge in [-0.3, -0.25) is 0 Å². The molecule has 0 atom stereocenters. The van der Waals surface area contributed by atoms with E-state index < -0.39 is 0 Å². The number of nitriles is 1. The SMILES string of the molecule is CNCCC=Cc1ccc(CC#N)c(F)c1. The number of nitrogens with one attached hydrogen (secondary N) is 1. The molecule has 0 aromatic heterocycles. The smallest absolute Gasteiger partial charge is 0.128 e. The molecule has 0 radical (unpaired) electrons. The van der Waals surface area contributed by atoms with Crippen LogP contribution in [-0.2, 0) is 6.42 Å². The summed E-state index contributed by atoms with van der Waals surface area (Å²) in [6.07, 6.45) is 4.92. The van der Waals surface area contributed by atoms with E-state index in [1.165, 1.54) is 6.07 Å². The van der Waals surface area contributed by atoms with Crippen LogP contribution in [0.2, 0.25) is 0 Å². The third-order valence-corrected chi connectivity index (χ3v) is 2.22. The van der Waals surface area contributed by atoms with Crippen molar-refractivity contribution < 1.29 is 4.39 Å². The highest BCUT2D eigenvalue weighted by molar-refractivity contribution is 5.50. The van der Waals surface area contributed by atoms with Gasteiger partial charge in [-0.15, -0.1) is 0 Å². The zero-order chi connectivity index (χ0) is 11.8. The molecule has 0 aliphatic carbocycles. The number of halogens is 1. The maximum Gasteiger partial charge on any atom is 0.128 e. The fourth-order valence-electron chi connectivity index (χ4n) is 1.34. The molecule has 0 unspecified atom stereocenters. The second kappa shape index (κ2) is 6.76. The molecule has 0 heterocycles. The first-order chi connectivity index (χ1) is 7.77. The molecule has 2 nitrogen and oxygen atoms in total. The summed E-state index contributed by atoms with van der Waals surface area (Å²) >= 11 is 0. The van der Waals surface area contributed by atoms with E-state index in [2.05, 4.69) is 5.32 Å². The first-order valence-corrected chi connectivity index (χ1v) is 5.24. The van der Waals surface area contributed by atoms with Crippen molar-refractivity contribution in [2.75, 3.05) is 13.6 Å². The van der Waals surface area contributed by atoms with Gasteiger partial charge in [-0.1, -0.05) is 24.3 Å². The Kier molecular flexibility index (Phi) is 5.24. The average Bonchev–Trinajstić information content (AvgIpc) is 2.28. The maximum atomic E-state index is 13.4. The van der Waals surface area contributed by atoms with E-state index in [9.17, 15) is 4.39 Å². The summed E-state index contributed by atoms with van der Waals surface area (Å²) in [6.45, 7) is 0.908. The van der Waals surface area contributed by atoms with Gasteiger partial charge in [-0.2, -0.15) is 5.26 Å². The van der Waals surface area contributed by atoms with Gasteiger partial charge in [0.25, 0.3) is 0 Å². The number of benzene rings is 1. The summed E-state index contributed by atoms with van der Waals surface area (Å²) in [4.78, 5) is 0. The van der Waals surface area contributed by atoms with Crippen LogP contribution in [-0.4, -0.2) is 13.6 Å². The molecule has 1 N–H and O–H groups in total. The Labute approximate surface area is 95.4 Å². The highest BCUT2D eigenvalue weighted by Gasteiger charge is 2.01. The Morgan fingerprint density at radius 3 is 2.94 bits per heavy atom. The summed E-state index contributed by atoms with van der Waals surface area (Å²) < 4.78 is 13.4. The van der Waals surface area contributed by atoms with Gasteiger partial charge in [0.15, 0.2) is 0 Å². The molecule has 84 valence electrons. The highest BCUT2D eigenvalue weighted by Crippen LogP contribution is 2.12. The molecule has 1 aromatic carbocycles. The van der Waals surface area contributed by atoms with Gasteiger partial charge in [-0.05, 0) is 31.6 Å². The predicted molar refractivity (Wildman–Crippen MR) is 63.3 cm³/mol. The van der Waals surface area contributed by atoms with Crippen molar-refractivity contribution in [1.29, 1.82) is 5.26 Å². The van der Waals surface area contributed by atoms with Crippen molar-refractivity contribution in [3.8, 4) is 6.07 Å². The van der Waals surface area contributed by atoms with E-state index in [1.54, 1.807) is 6.07 Å². The van der Waals surface area contributed by atoms with Crippen molar-refractivity contribution in [3.05, 3.63) is 41.2 Å². The summed E-state index contributed by atoms with van der Waals surface area (Å²) in [5, 5.41) is 11.5. The largest absolute Gasteiger partial charge is 0.319 e. The monoisotopic (exact) mass is 218 g/mol. The molecule has 16 heavy (non-hydrogen) atoms. The van der Waals surface area contributed by atoms with E-state index >= 15 is 0 Å². The van der Waals surface area contributed by atoms with Crippen LogP contribution in [0.3, 0.4) is 0 Å². The van der Waals surface area contributed by atoms with Crippen molar-refractivity contribution in [1.82, 2.24) is 5.32 Å². The van der Waals surface area contributed by atoms with Crippen LogP contribution in [0.15, 0.2) is 24.3 Å². The van der Waals surface area contributed by atoms with Crippen LogP contribution < -0.4 is 5.32 Å². The zero-order valence-corrected chi connectivity index (χ0v) is 9.33. The van der Waals surface area contributed by atoms with Crippen LogP contribution in [0, 0.1) is 17.1 Å². The molecular weight excluding hydrogens is 203 g/mol. The first kappa shape index (κ1) is 12.4. The standard InChI is InChI=1S/C13H15FN2/c1-16-9-3-2-4-11-5-6-12(7-8-15)13(14)10-11/h2,4-6,10,16H,3,7,9H2,1H3. The fraction of sp³-hybridized carbons (Fsp3) is 0.308. The van der Waals surface area contributed by atoms with E-state index in [-0.39, 0.29) is 12.2 Å². The molecular formula is C13H15FN2. The Hall–Kier alpha value is -1.66. The molecule has 0 aliphatic rings. The molecule has 0 amide bonds.